The number of aryl methyl sites for hydroxylation is 1. The molecule has 0 saturated heterocycles. The summed E-state index contributed by atoms with van der Waals surface area (Å²) in [6.45, 7) is 1.73. The van der Waals surface area contributed by atoms with Gasteiger partial charge >= 0.3 is 6.18 Å². The molecule has 0 aromatic heterocycles. The van der Waals surface area contributed by atoms with Gasteiger partial charge in [-0.25, -0.2) is 0 Å². The van der Waals surface area contributed by atoms with Crippen LogP contribution in [0.15, 0.2) is 77.5 Å². The number of amides is 3. The van der Waals surface area contributed by atoms with Crippen molar-refractivity contribution in [3.05, 3.63) is 105 Å². The van der Waals surface area contributed by atoms with Gasteiger partial charge in [-0.05, 0) is 48.4 Å². The Morgan fingerprint density at radius 1 is 0.946 bits per heavy atom. The largest absolute Gasteiger partial charge is 0.417 e. The molecule has 1 aliphatic heterocycles. The normalized spacial score (nSPS) is 13.8. The first-order valence-corrected chi connectivity index (χ1v) is 11.6. The molecule has 11 heteroatoms. The SMILES string of the molecule is Cc1ccc(C(=O)Nc2ccc(Cl)c(C(F)(F)F)c2)cc1NC1=C(Cl)C(=O)N(Cc2ccccc2)C1=O. The Morgan fingerprint density at radius 2 is 1.65 bits per heavy atom. The van der Waals surface area contributed by atoms with Crippen LogP contribution >= 0.6 is 23.2 Å². The fourth-order valence-corrected chi connectivity index (χ4v) is 4.08. The van der Waals surface area contributed by atoms with Crippen molar-refractivity contribution in [2.24, 2.45) is 0 Å². The Bertz CT molecular complexity index is 1440. The van der Waals surface area contributed by atoms with Gasteiger partial charge in [0.25, 0.3) is 17.7 Å². The van der Waals surface area contributed by atoms with Crippen LogP contribution in [0.3, 0.4) is 0 Å². The summed E-state index contributed by atoms with van der Waals surface area (Å²) >= 11 is 11.8. The zero-order valence-corrected chi connectivity index (χ0v) is 20.6. The van der Waals surface area contributed by atoms with E-state index in [4.69, 9.17) is 23.2 Å². The molecular formula is C26H18Cl2F3N3O3. The summed E-state index contributed by atoms with van der Waals surface area (Å²) in [7, 11) is 0. The summed E-state index contributed by atoms with van der Waals surface area (Å²) in [6.07, 6.45) is -4.69. The smallest absolute Gasteiger partial charge is 0.349 e. The lowest BCUT2D eigenvalue weighted by Crippen LogP contribution is -2.31. The number of carbonyl (C=O) groups excluding carboxylic acids is 3. The molecule has 0 fully saturated rings. The maximum absolute atomic E-state index is 13.1. The molecule has 1 aliphatic rings. The van der Waals surface area contributed by atoms with E-state index in [1.807, 2.05) is 6.07 Å². The number of alkyl halides is 3. The van der Waals surface area contributed by atoms with Crippen LogP contribution in [0.1, 0.15) is 27.0 Å². The van der Waals surface area contributed by atoms with Crippen LogP contribution in [0.25, 0.3) is 0 Å². The highest BCUT2D eigenvalue weighted by Gasteiger charge is 2.38. The number of hydrogen-bond acceptors (Lipinski definition) is 4. The maximum atomic E-state index is 13.1. The average molecular weight is 548 g/mol. The minimum absolute atomic E-state index is 0.0301. The number of nitrogens with one attached hydrogen (secondary N) is 2. The van der Waals surface area contributed by atoms with Crippen LogP contribution in [0.4, 0.5) is 24.5 Å². The summed E-state index contributed by atoms with van der Waals surface area (Å²) in [5.41, 5.74) is 0.444. The summed E-state index contributed by atoms with van der Waals surface area (Å²) in [6, 6.07) is 16.4. The zero-order chi connectivity index (χ0) is 26.9. The van der Waals surface area contributed by atoms with Crippen LogP contribution < -0.4 is 10.6 Å². The van der Waals surface area contributed by atoms with E-state index in [9.17, 15) is 27.6 Å². The van der Waals surface area contributed by atoms with E-state index >= 15 is 0 Å². The Kier molecular flexibility index (Phi) is 7.29. The molecule has 190 valence electrons. The van der Waals surface area contributed by atoms with Gasteiger partial charge < -0.3 is 10.6 Å². The molecule has 3 aromatic rings. The summed E-state index contributed by atoms with van der Waals surface area (Å²) in [5, 5.41) is 4.46. The Balaban J connectivity index is 1.54. The van der Waals surface area contributed by atoms with Gasteiger partial charge in [0.1, 0.15) is 10.7 Å². The number of rotatable bonds is 6. The van der Waals surface area contributed by atoms with Gasteiger partial charge in [0.2, 0.25) is 0 Å². The van der Waals surface area contributed by atoms with Gasteiger partial charge in [-0.2, -0.15) is 13.2 Å². The van der Waals surface area contributed by atoms with E-state index in [0.717, 1.165) is 22.6 Å². The molecule has 1 heterocycles. The molecule has 3 aromatic carbocycles. The molecule has 0 saturated carbocycles. The van der Waals surface area contributed by atoms with Crippen LogP contribution in [-0.4, -0.2) is 22.6 Å². The van der Waals surface area contributed by atoms with Gasteiger partial charge in [0.05, 0.1) is 17.1 Å². The van der Waals surface area contributed by atoms with E-state index in [0.29, 0.717) is 11.3 Å². The van der Waals surface area contributed by atoms with Crippen molar-refractivity contribution in [1.82, 2.24) is 4.90 Å². The minimum atomic E-state index is -4.69. The third-order valence-electron chi connectivity index (χ3n) is 5.58. The van der Waals surface area contributed by atoms with Gasteiger partial charge in [-0.1, -0.05) is 59.6 Å². The van der Waals surface area contributed by atoms with Crippen molar-refractivity contribution in [2.75, 3.05) is 10.6 Å². The van der Waals surface area contributed by atoms with Crippen LogP contribution in [0, 0.1) is 6.92 Å². The lowest BCUT2D eigenvalue weighted by atomic mass is 10.1. The standard InChI is InChI=1S/C26H18Cl2F3N3O3/c1-14-7-8-16(23(35)32-17-9-10-19(27)18(12-17)26(29,30)31)11-20(14)33-22-21(28)24(36)34(25(22)37)13-15-5-3-2-4-6-15/h2-12,33H,13H2,1H3,(H,32,35). The number of anilines is 2. The Morgan fingerprint density at radius 3 is 2.32 bits per heavy atom. The first kappa shape index (κ1) is 26.2. The predicted octanol–water partition coefficient (Wildman–Crippen LogP) is 6.35. The fourth-order valence-electron chi connectivity index (χ4n) is 3.62. The van der Waals surface area contributed by atoms with E-state index in [-0.39, 0.29) is 28.5 Å². The third-order valence-corrected chi connectivity index (χ3v) is 6.26. The van der Waals surface area contributed by atoms with E-state index in [1.165, 1.54) is 18.2 Å². The monoisotopic (exact) mass is 547 g/mol. The number of halogens is 5. The zero-order valence-electron chi connectivity index (χ0n) is 19.1. The van der Waals surface area contributed by atoms with Crippen molar-refractivity contribution in [1.29, 1.82) is 0 Å². The third kappa shape index (κ3) is 5.63. The minimum Gasteiger partial charge on any atom is -0.349 e. The van der Waals surface area contributed by atoms with Crippen LogP contribution in [0.2, 0.25) is 5.02 Å². The van der Waals surface area contributed by atoms with Crippen molar-refractivity contribution >= 4 is 52.3 Å². The average Bonchev–Trinajstić information content (AvgIpc) is 3.04. The fraction of sp³-hybridized carbons (Fsp3) is 0.115. The number of nitrogens with zero attached hydrogens (tertiary/aromatic N) is 1. The second-order valence-corrected chi connectivity index (χ2v) is 8.96. The number of carbonyl (C=O) groups is 3. The molecule has 0 atom stereocenters. The maximum Gasteiger partial charge on any atom is 0.417 e. The molecule has 0 radical (unpaired) electrons. The number of hydrogen-bond donors (Lipinski definition) is 2. The summed E-state index contributed by atoms with van der Waals surface area (Å²) in [4.78, 5) is 39.4. The molecular weight excluding hydrogens is 530 g/mol. The molecule has 3 amide bonds. The quantitative estimate of drug-likeness (QED) is 0.352. The molecule has 0 bridgehead atoms. The van der Waals surface area contributed by atoms with Crippen molar-refractivity contribution in [3.8, 4) is 0 Å². The lowest BCUT2D eigenvalue weighted by molar-refractivity contribution is -0.138. The second-order valence-electron chi connectivity index (χ2n) is 8.17. The number of benzene rings is 3. The molecule has 2 N–H and O–H groups in total. The molecule has 37 heavy (non-hydrogen) atoms. The molecule has 0 aliphatic carbocycles. The molecule has 0 spiro atoms. The Labute approximate surface area is 219 Å². The highest BCUT2D eigenvalue weighted by Crippen LogP contribution is 2.36. The van der Waals surface area contributed by atoms with E-state index in [2.05, 4.69) is 10.6 Å². The molecule has 0 unspecified atom stereocenters. The van der Waals surface area contributed by atoms with Gasteiger partial charge in [-0.3, -0.25) is 19.3 Å². The van der Waals surface area contributed by atoms with E-state index < -0.39 is 34.5 Å². The molecule has 4 rings (SSSR count). The first-order chi connectivity index (χ1) is 17.5. The lowest BCUT2D eigenvalue weighted by Gasteiger charge is -2.16. The van der Waals surface area contributed by atoms with Gasteiger partial charge in [-0.15, -0.1) is 0 Å². The van der Waals surface area contributed by atoms with Gasteiger partial charge in [0, 0.05) is 16.9 Å². The number of imide groups is 1. The van der Waals surface area contributed by atoms with Crippen molar-refractivity contribution in [3.63, 3.8) is 0 Å². The first-order valence-electron chi connectivity index (χ1n) is 10.8. The van der Waals surface area contributed by atoms with E-state index in [1.54, 1.807) is 37.3 Å². The second kappa shape index (κ2) is 10.3. The molecule has 6 nitrogen and oxygen atoms in total. The highest BCUT2D eigenvalue weighted by molar-refractivity contribution is 6.48. The summed E-state index contributed by atoms with van der Waals surface area (Å²) < 4.78 is 39.4. The van der Waals surface area contributed by atoms with Crippen molar-refractivity contribution < 1.29 is 27.6 Å². The summed E-state index contributed by atoms with van der Waals surface area (Å²) in [5.74, 6) is -1.99. The van der Waals surface area contributed by atoms with Gasteiger partial charge in [0.15, 0.2) is 0 Å². The topological polar surface area (TPSA) is 78.5 Å². The highest BCUT2D eigenvalue weighted by atomic mass is 35.5. The van der Waals surface area contributed by atoms with Crippen molar-refractivity contribution in [2.45, 2.75) is 19.6 Å². The Hall–Kier alpha value is -3.82. The predicted molar refractivity (Wildman–Crippen MR) is 134 cm³/mol. The van der Waals surface area contributed by atoms with Crippen LogP contribution in [0.5, 0.6) is 0 Å². The van der Waals surface area contributed by atoms with Crippen LogP contribution in [-0.2, 0) is 22.3 Å².